The predicted octanol–water partition coefficient (Wildman–Crippen LogP) is 2.37. The van der Waals surface area contributed by atoms with Gasteiger partial charge in [-0.15, -0.1) is 0 Å². The van der Waals surface area contributed by atoms with Gasteiger partial charge in [0.1, 0.15) is 5.75 Å². The molecule has 1 heterocycles. The van der Waals surface area contributed by atoms with Gasteiger partial charge in [-0.05, 0) is 26.0 Å². The van der Waals surface area contributed by atoms with Crippen LogP contribution in [0, 0.1) is 6.92 Å². The van der Waals surface area contributed by atoms with E-state index in [9.17, 15) is 0 Å². The molecule has 2 aromatic rings. The van der Waals surface area contributed by atoms with Gasteiger partial charge in [-0.3, -0.25) is 4.68 Å². The van der Waals surface area contributed by atoms with Crippen molar-refractivity contribution >= 4 is 10.9 Å². The number of nitrogens with zero attached hydrogens (tertiary/aromatic N) is 2. The first-order valence-corrected chi connectivity index (χ1v) is 4.78. The number of aromatic nitrogens is 2. The second-order valence-electron chi connectivity index (χ2n) is 3.26. The van der Waals surface area contributed by atoms with Crippen molar-refractivity contribution < 1.29 is 4.74 Å². The van der Waals surface area contributed by atoms with E-state index in [1.807, 2.05) is 22.9 Å². The van der Waals surface area contributed by atoms with Crippen LogP contribution in [-0.2, 0) is 6.54 Å². The fourth-order valence-electron chi connectivity index (χ4n) is 1.78. The molecule has 0 atom stereocenters. The van der Waals surface area contributed by atoms with Crippen molar-refractivity contribution in [1.29, 1.82) is 0 Å². The Morgan fingerprint density at radius 3 is 2.86 bits per heavy atom. The highest BCUT2D eigenvalue weighted by atomic mass is 16.5. The van der Waals surface area contributed by atoms with E-state index in [1.54, 1.807) is 7.11 Å². The number of methoxy groups -OCH3 is 1. The molecular formula is C11H14N2O. The van der Waals surface area contributed by atoms with Crippen molar-refractivity contribution in [2.45, 2.75) is 20.4 Å². The molecule has 0 amide bonds. The van der Waals surface area contributed by atoms with Gasteiger partial charge in [0, 0.05) is 12.2 Å². The summed E-state index contributed by atoms with van der Waals surface area (Å²) in [5, 5.41) is 5.60. The molecule has 14 heavy (non-hydrogen) atoms. The Kier molecular flexibility index (Phi) is 2.15. The zero-order valence-corrected chi connectivity index (χ0v) is 8.74. The molecule has 0 aliphatic carbocycles. The van der Waals surface area contributed by atoms with E-state index < -0.39 is 0 Å². The molecule has 1 aromatic heterocycles. The second kappa shape index (κ2) is 3.33. The Labute approximate surface area is 83.3 Å². The maximum atomic E-state index is 5.31. The lowest BCUT2D eigenvalue weighted by molar-refractivity contribution is 0.419. The van der Waals surface area contributed by atoms with Crippen LogP contribution in [0.1, 0.15) is 12.6 Å². The van der Waals surface area contributed by atoms with E-state index in [4.69, 9.17) is 4.74 Å². The SMILES string of the molecule is CCn1nc2cccc(OC)c2c1C. The van der Waals surface area contributed by atoms with Crippen LogP contribution in [0.4, 0.5) is 0 Å². The van der Waals surface area contributed by atoms with Gasteiger partial charge in [0.15, 0.2) is 0 Å². The van der Waals surface area contributed by atoms with Gasteiger partial charge >= 0.3 is 0 Å². The molecule has 0 saturated carbocycles. The molecule has 0 unspecified atom stereocenters. The molecule has 1 aromatic carbocycles. The number of hydrogen-bond acceptors (Lipinski definition) is 2. The summed E-state index contributed by atoms with van der Waals surface area (Å²) in [6.07, 6.45) is 0. The van der Waals surface area contributed by atoms with Gasteiger partial charge in [-0.1, -0.05) is 6.07 Å². The number of aryl methyl sites for hydroxylation is 2. The summed E-state index contributed by atoms with van der Waals surface area (Å²) in [6.45, 7) is 5.05. The van der Waals surface area contributed by atoms with Crippen LogP contribution in [0.5, 0.6) is 5.75 Å². The highest BCUT2D eigenvalue weighted by molar-refractivity contribution is 5.87. The van der Waals surface area contributed by atoms with Gasteiger partial charge in [-0.2, -0.15) is 5.10 Å². The molecule has 0 N–H and O–H groups in total. The number of fused-ring (bicyclic) bond motifs is 1. The van der Waals surface area contributed by atoms with Crippen molar-refractivity contribution in [1.82, 2.24) is 9.78 Å². The minimum absolute atomic E-state index is 0.893. The van der Waals surface area contributed by atoms with Crippen molar-refractivity contribution in [3.8, 4) is 5.75 Å². The third-order valence-electron chi connectivity index (χ3n) is 2.50. The molecule has 2 rings (SSSR count). The number of hydrogen-bond donors (Lipinski definition) is 0. The zero-order valence-electron chi connectivity index (χ0n) is 8.74. The number of benzene rings is 1. The van der Waals surface area contributed by atoms with E-state index in [0.29, 0.717) is 0 Å². The minimum Gasteiger partial charge on any atom is -0.496 e. The van der Waals surface area contributed by atoms with Crippen LogP contribution < -0.4 is 4.74 Å². The molecule has 0 saturated heterocycles. The Bertz CT molecular complexity index is 460. The maximum Gasteiger partial charge on any atom is 0.130 e. The van der Waals surface area contributed by atoms with Crippen molar-refractivity contribution in [3.05, 3.63) is 23.9 Å². The minimum atomic E-state index is 0.893. The first kappa shape index (κ1) is 9.06. The maximum absolute atomic E-state index is 5.31. The van der Waals surface area contributed by atoms with Crippen LogP contribution in [0.3, 0.4) is 0 Å². The van der Waals surface area contributed by atoms with Gasteiger partial charge in [0.2, 0.25) is 0 Å². The summed E-state index contributed by atoms with van der Waals surface area (Å²) in [5.41, 5.74) is 2.17. The lowest BCUT2D eigenvalue weighted by Crippen LogP contribution is -1.97. The summed E-state index contributed by atoms with van der Waals surface area (Å²) in [5.74, 6) is 0.903. The predicted molar refractivity (Wildman–Crippen MR) is 56.7 cm³/mol. The summed E-state index contributed by atoms with van der Waals surface area (Å²) in [7, 11) is 1.69. The lowest BCUT2D eigenvalue weighted by Gasteiger charge is -2.01. The molecule has 74 valence electrons. The highest BCUT2D eigenvalue weighted by Gasteiger charge is 2.09. The van der Waals surface area contributed by atoms with Crippen LogP contribution in [-0.4, -0.2) is 16.9 Å². The monoisotopic (exact) mass is 190 g/mol. The largest absolute Gasteiger partial charge is 0.496 e. The van der Waals surface area contributed by atoms with Gasteiger partial charge in [0.05, 0.1) is 18.0 Å². The molecule has 0 bridgehead atoms. The topological polar surface area (TPSA) is 27.1 Å². The molecular weight excluding hydrogens is 176 g/mol. The highest BCUT2D eigenvalue weighted by Crippen LogP contribution is 2.27. The fraction of sp³-hybridized carbons (Fsp3) is 0.364. The van der Waals surface area contributed by atoms with E-state index >= 15 is 0 Å². The van der Waals surface area contributed by atoms with Crippen LogP contribution in [0.2, 0.25) is 0 Å². The van der Waals surface area contributed by atoms with Gasteiger partial charge in [-0.25, -0.2) is 0 Å². The molecule has 3 nitrogen and oxygen atoms in total. The molecule has 0 aliphatic rings. The third kappa shape index (κ3) is 1.16. The Morgan fingerprint density at radius 2 is 2.21 bits per heavy atom. The summed E-state index contributed by atoms with van der Waals surface area (Å²) < 4.78 is 7.31. The van der Waals surface area contributed by atoms with Crippen molar-refractivity contribution in [2.75, 3.05) is 7.11 Å². The summed E-state index contributed by atoms with van der Waals surface area (Å²) in [4.78, 5) is 0. The van der Waals surface area contributed by atoms with Crippen LogP contribution >= 0.6 is 0 Å². The summed E-state index contributed by atoms with van der Waals surface area (Å²) in [6, 6.07) is 5.95. The molecule has 0 aliphatic heterocycles. The Morgan fingerprint density at radius 1 is 1.43 bits per heavy atom. The van der Waals surface area contributed by atoms with Crippen molar-refractivity contribution in [3.63, 3.8) is 0 Å². The average molecular weight is 190 g/mol. The normalized spacial score (nSPS) is 10.8. The van der Waals surface area contributed by atoms with Gasteiger partial charge in [0.25, 0.3) is 0 Å². The van der Waals surface area contributed by atoms with E-state index in [-0.39, 0.29) is 0 Å². The average Bonchev–Trinajstić information content (AvgIpc) is 2.55. The zero-order chi connectivity index (χ0) is 10.1. The van der Waals surface area contributed by atoms with Crippen LogP contribution in [0.25, 0.3) is 10.9 Å². The van der Waals surface area contributed by atoms with Crippen molar-refractivity contribution in [2.24, 2.45) is 0 Å². The quantitative estimate of drug-likeness (QED) is 0.727. The van der Waals surface area contributed by atoms with E-state index in [0.717, 1.165) is 23.2 Å². The summed E-state index contributed by atoms with van der Waals surface area (Å²) >= 11 is 0. The standard InChI is InChI=1S/C11H14N2O/c1-4-13-8(2)11-9(12-13)6-5-7-10(11)14-3/h5-7H,4H2,1-3H3. The first-order valence-electron chi connectivity index (χ1n) is 4.78. The second-order valence-corrected chi connectivity index (χ2v) is 3.26. The molecule has 0 radical (unpaired) electrons. The van der Waals surface area contributed by atoms with E-state index in [1.165, 1.54) is 5.69 Å². The van der Waals surface area contributed by atoms with E-state index in [2.05, 4.69) is 18.9 Å². The molecule has 0 spiro atoms. The molecule has 3 heteroatoms. The van der Waals surface area contributed by atoms with Crippen LogP contribution in [0.15, 0.2) is 18.2 Å². The lowest BCUT2D eigenvalue weighted by atomic mass is 10.2. The first-order chi connectivity index (χ1) is 6.77. The molecule has 0 fully saturated rings. The van der Waals surface area contributed by atoms with Gasteiger partial charge < -0.3 is 4.74 Å². The number of ether oxygens (including phenoxy) is 1. The number of rotatable bonds is 2. The third-order valence-corrected chi connectivity index (χ3v) is 2.50. The Hall–Kier alpha value is -1.51. The fourth-order valence-corrected chi connectivity index (χ4v) is 1.78. The smallest absolute Gasteiger partial charge is 0.130 e. The Balaban J connectivity index is 2.79.